The molecule has 0 unspecified atom stereocenters. The van der Waals surface area contributed by atoms with Crippen molar-refractivity contribution in [2.75, 3.05) is 13.1 Å². The minimum absolute atomic E-state index is 0.0220. The highest BCUT2D eigenvalue weighted by Crippen LogP contribution is 2.19. The third kappa shape index (κ3) is 4.52. The molecule has 0 aromatic heterocycles. The average molecular weight is 323 g/mol. The van der Waals surface area contributed by atoms with Gasteiger partial charge < -0.3 is 5.11 Å². The lowest BCUT2D eigenvalue weighted by Crippen LogP contribution is -2.23. The number of hydrogen-bond donors (Lipinski definition) is 0. The fourth-order valence-electron chi connectivity index (χ4n) is 2.02. The molecule has 0 spiro atoms. The van der Waals surface area contributed by atoms with E-state index in [-0.39, 0.29) is 11.3 Å². The Morgan fingerprint density at radius 1 is 1.18 bits per heavy atom. The van der Waals surface area contributed by atoms with E-state index in [1.807, 2.05) is 5.01 Å². The van der Waals surface area contributed by atoms with Crippen LogP contribution in [0.25, 0.3) is 0 Å². The van der Waals surface area contributed by atoms with Crippen LogP contribution < -0.4 is 5.11 Å². The van der Waals surface area contributed by atoms with Crippen LogP contribution in [0, 0.1) is 0 Å². The van der Waals surface area contributed by atoms with Gasteiger partial charge in [-0.1, -0.05) is 12.1 Å². The molecule has 8 heteroatoms. The summed E-state index contributed by atoms with van der Waals surface area (Å²) in [6.07, 6.45) is 3.51. The van der Waals surface area contributed by atoms with E-state index in [0.29, 0.717) is 5.69 Å². The van der Waals surface area contributed by atoms with E-state index in [9.17, 15) is 13.5 Å². The van der Waals surface area contributed by atoms with Crippen LogP contribution in [-0.2, 0) is 10.0 Å². The maximum atomic E-state index is 11.9. The number of rotatable bonds is 5. The predicted octanol–water partition coefficient (Wildman–Crippen LogP) is 2.03. The number of piperidine rings is 1. The Kier molecular flexibility index (Phi) is 5.48. The Morgan fingerprint density at radius 2 is 1.82 bits per heavy atom. The normalized spacial score (nSPS) is 17.1. The summed E-state index contributed by atoms with van der Waals surface area (Å²) in [5, 5.41) is 21.3. The first kappa shape index (κ1) is 16.4. The van der Waals surface area contributed by atoms with Gasteiger partial charge in [0.05, 0.1) is 10.6 Å². The van der Waals surface area contributed by atoms with Crippen molar-refractivity contribution in [1.82, 2.24) is 5.01 Å². The zero-order valence-electron chi connectivity index (χ0n) is 12.5. The summed E-state index contributed by atoms with van der Waals surface area (Å²) >= 11 is 0. The minimum Gasteiger partial charge on any atom is -0.861 e. The Hall–Kier alpha value is -1.96. The molecule has 1 aliphatic rings. The number of sulfonamides is 1. The standard InChI is InChI=1S/C14H20N4O3S/c1-2-14(19)16-22(20,21)13-8-6-12(7-9-13)15-17-18-10-4-3-5-11-18/h6-9H,2-5,10-11H2,1H3,(H,16,19)/p-1. The SMILES string of the molecule is CCC([O-])=NS(=O)(=O)c1ccc(N=NN2CCCCC2)cc1. The van der Waals surface area contributed by atoms with Crippen molar-refractivity contribution in [2.24, 2.45) is 14.7 Å². The first-order chi connectivity index (χ1) is 10.5. The van der Waals surface area contributed by atoms with Gasteiger partial charge >= 0.3 is 0 Å². The molecule has 0 amide bonds. The Balaban J connectivity index is 2.08. The van der Waals surface area contributed by atoms with E-state index >= 15 is 0 Å². The second kappa shape index (κ2) is 7.35. The maximum Gasteiger partial charge on any atom is 0.281 e. The van der Waals surface area contributed by atoms with Crippen LogP contribution in [0.15, 0.2) is 43.9 Å². The molecule has 1 aliphatic heterocycles. The molecule has 1 heterocycles. The molecule has 0 aliphatic carbocycles. The number of nitrogens with zero attached hydrogens (tertiary/aromatic N) is 4. The molecule has 120 valence electrons. The molecule has 0 N–H and O–H groups in total. The van der Waals surface area contributed by atoms with Gasteiger partial charge in [0.1, 0.15) is 0 Å². The van der Waals surface area contributed by atoms with E-state index in [2.05, 4.69) is 14.7 Å². The minimum atomic E-state index is -3.93. The van der Waals surface area contributed by atoms with Crippen LogP contribution in [0.2, 0.25) is 0 Å². The van der Waals surface area contributed by atoms with Crippen molar-refractivity contribution in [3.63, 3.8) is 0 Å². The van der Waals surface area contributed by atoms with Crippen molar-refractivity contribution in [3.05, 3.63) is 24.3 Å². The summed E-state index contributed by atoms with van der Waals surface area (Å²) in [6, 6.07) is 5.86. The summed E-state index contributed by atoms with van der Waals surface area (Å²) < 4.78 is 27.0. The Bertz CT molecular complexity index is 647. The summed E-state index contributed by atoms with van der Waals surface area (Å²) in [7, 11) is -3.93. The summed E-state index contributed by atoms with van der Waals surface area (Å²) in [6.45, 7) is 3.35. The lowest BCUT2D eigenvalue weighted by Gasteiger charge is -2.21. The molecule has 0 radical (unpaired) electrons. The molecule has 0 bridgehead atoms. The Morgan fingerprint density at radius 3 is 2.41 bits per heavy atom. The third-order valence-corrected chi connectivity index (χ3v) is 4.59. The smallest absolute Gasteiger partial charge is 0.281 e. The van der Waals surface area contributed by atoms with Gasteiger partial charge in [-0.3, -0.25) is 5.01 Å². The highest BCUT2D eigenvalue weighted by atomic mass is 32.2. The maximum absolute atomic E-state index is 11.9. The van der Waals surface area contributed by atoms with Gasteiger partial charge in [-0.15, -0.1) is 5.11 Å². The van der Waals surface area contributed by atoms with Crippen molar-refractivity contribution < 1.29 is 13.5 Å². The van der Waals surface area contributed by atoms with Crippen LogP contribution in [-0.4, -0.2) is 32.4 Å². The van der Waals surface area contributed by atoms with E-state index in [1.54, 1.807) is 19.1 Å². The molecular formula is C14H19N4O3S-. The monoisotopic (exact) mass is 323 g/mol. The van der Waals surface area contributed by atoms with Crippen molar-refractivity contribution in [2.45, 2.75) is 37.5 Å². The molecular weight excluding hydrogens is 304 g/mol. The molecule has 22 heavy (non-hydrogen) atoms. The highest BCUT2D eigenvalue weighted by Gasteiger charge is 2.12. The summed E-state index contributed by atoms with van der Waals surface area (Å²) in [5.74, 6) is -0.658. The second-order valence-corrected chi connectivity index (χ2v) is 6.62. The van der Waals surface area contributed by atoms with Crippen molar-refractivity contribution >= 4 is 21.6 Å². The molecule has 2 rings (SSSR count). The predicted molar refractivity (Wildman–Crippen MR) is 81.3 cm³/mol. The summed E-state index contributed by atoms with van der Waals surface area (Å²) in [5.41, 5.74) is 0.561. The fourth-order valence-corrected chi connectivity index (χ4v) is 3.00. The van der Waals surface area contributed by atoms with E-state index < -0.39 is 15.9 Å². The zero-order valence-corrected chi connectivity index (χ0v) is 13.3. The van der Waals surface area contributed by atoms with E-state index in [4.69, 9.17) is 0 Å². The van der Waals surface area contributed by atoms with Gasteiger partial charge in [0.25, 0.3) is 10.0 Å². The molecule has 1 aromatic carbocycles. The molecule has 0 saturated carbocycles. The summed E-state index contributed by atoms with van der Waals surface area (Å²) in [4.78, 5) is -0.0220. The number of benzene rings is 1. The quantitative estimate of drug-likeness (QED) is 0.470. The molecule has 0 atom stereocenters. The zero-order chi connectivity index (χ0) is 16.0. The van der Waals surface area contributed by atoms with Crippen LogP contribution in [0.4, 0.5) is 5.69 Å². The van der Waals surface area contributed by atoms with Crippen LogP contribution >= 0.6 is 0 Å². The average Bonchev–Trinajstić information content (AvgIpc) is 2.54. The fraction of sp³-hybridized carbons (Fsp3) is 0.500. The van der Waals surface area contributed by atoms with E-state index in [0.717, 1.165) is 25.9 Å². The van der Waals surface area contributed by atoms with Gasteiger partial charge in [0.2, 0.25) is 0 Å². The number of hydrogen-bond acceptors (Lipinski definition) is 5. The lowest BCUT2D eigenvalue weighted by atomic mass is 10.2. The van der Waals surface area contributed by atoms with Gasteiger partial charge in [-0.2, -0.15) is 12.8 Å². The van der Waals surface area contributed by atoms with Crippen LogP contribution in [0.5, 0.6) is 0 Å². The Labute approximate surface area is 130 Å². The molecule has 7 nitrogen and oxygen atoms in total. The topological polar surface area (TPSA) is 97.5 Å². The first-order valence-electron chi connectivity index (χ1n) is 7.29. The van der Waals surface area contributed by atoms with Crippen LogP contribution in [0.1, 0.15) is 32.6 Å². The first-order valence-corrected chi connectivity index (χ1v) is 8.73. The third-order valence-electron chi connectivity index (χ3n) is 3.28. The largest absolute Gasteiger partial charge is 0.861 e. The van der Waals surface area contributed by atoms with E-state index in [1.165, 1.54) is 18.6 Å². The van der Waals surface area contributed by atoms with Crippen molar-refractivity contribution in [1.29, 1.82) is 0 Å². The van der Waals surface area contributed by atoms with Crippen LogP contribution in [0.3, 0.4) is 0 Å². The lowest BCUT2D eigenvalue weighted by molar-refractivity contribution is -0.217. The van der Waals surface area contributed by atoms with Gasteiger partial charge in [0, 0.05) is 13.1 Å². The highest BCUT2D eigenvalue weighted by molar-refractivity contribution is 7.90. The van der Waals surface area contributed by atoms with Gasteiger partial charge in [0.15, 0.2) is 0 Å². The second-order valence-electron chi connectivity index (χ2n) is 5.01. The van der Waals surface area contributed by atoms with Crippen molar-refractivity contribution in [3.8, 4) is 0 Å². The molecule has 1 saturated heterocycles. The molecule has 1 aromatic rings. The molecule has 1 fully saturated rings. The van der Waals surface area contributed by atoms with Gasteiger partial charge in [-0.25, -0.2) is 0 Å². The van der Waals surface area contributed by atoms with Gasteiger partial charge in [-0.05, 0) is 55.8 Å².